The van der Waals surface area contributed by atoms with Gasteiger partial charge in [0.25, 0.3) is 5.91 Å². The monoisotopic (exact) mass is 516 g/mol. The van der Waals surface area contributed by atoms with E-state index in [9.17, 15) is 14.0 Å². The normalized spacial score (nSPS) is 22.2. The van der Waals surface area contributed by atoms with E-state index in [1.54, 1.807) is 28.9 Å². The van der Waals surface area contributed by atoms with Crippen LogP contribution in [0.4, 0.5) is 10.2 Å². The zero-order valence-electron chi connectivity index (χ0n) is 17.6. The molecule has 9 nitrogen and oxygen atoms in total. The molecule has 2 saturated heterocycles. The molecule has 172 valence electrons. The van der Waals surface area contributed by atoms with Crippen molar-refractivity contribution in [2.24, 2.45) is 5.73 Å². The van der Waals surface area contributed by atoms with E-state index < -0.39 is 23.7 Å². The summed E-state index contributed by atoms with van der Waals surface area (Å²) in [4.78, 5) is 31.1. The highest BCUT2D eigenvalue weighted by molar-refractivity contribution is 9.10. The number of likely N-dealkylation sites (tertiary alicyclic amines) is 1. The maximum absolute atomic E-state index is 14.6. The van der Waals surface area contributed by atoms with Crippen LogP contribution < -0.4 is 11.1 Å². The van der Waals surface area contributed by atoms with Crippen molar-refractivity contribution >= 4 is 44.5 Å². The van der Waals surface area contributed by atoms with E-state index in [4.69, 9.17) is 10.5 Å². The number of hydrogen-bond donors (Lipinski definition) is 2. The predicted molar refractivity (Wildman–Crippen MR) is 122 cm³/mol. The van der Waals surface area contributed by atoms with Gasteiger partial charge in [-0.25, -0.2) is 9.37 Å². The number of halogens is 2. The van der Waals surface area contributed by atoms with Crippen molar-refractivity contribution in [3.05, 3.63) is 52.8 Å². The minimum atomic E-state index is -1.15. The standard InChI is InChI=1S/C22H22BrFN6O3/c23-17-6-3-7-18(26-17)27-21(32)16-8-13(24)9-29(16)22(11-33-12-22)10-30-15-5-2-1-4-14(15)19(28-30)20(25)31/h1-7,13,16H,8-12H2,(H2,25,31)(H,26,27,32)/t13-,16+/m1/s1. The molecule has 2 aliphatic rings. The van der Waals surface area contributed by atoms with Crippen molar-refractivity contribution in [1.82, 2.24) is 19.7 Å². The summed E-state index contributed by atoms with van der Waals surface area (Å²) in [5.41, 5.74) is 5.81. The van der Waals surface area contributed by atoms with Gasteiger partial charge in [-0.2, -0.15) is 5.10 Å². The fourth-order valence-electron chi connectivity index (χ4n) is 4.64. The first-order valence-electron chi connectivity index (χ1n) is 10.5. The van der Waals surface area contributed by atoms with E-state index in [1.807, 2.05) is 23.1 Å². The number of nitrogens with zero attached hydrogens (tertiary/aromatic N) is 4. The van der Waals surface area contributed by atoms with E-state index >= 15 is 0 Å². The number of nitrogens with two attached hydrogens (primary N) is 1. The minimum Gasteiger partial charge on any atom is -0.377 e. The third kappa shape index (κ3) is 4.00. The molecular weight excluding hydrogens is 495 g/mol. The number of amides is 2. The van der Waals surface area contributed by atoms with Crippen LogP contribution in [0.1, 0.15) is 16.9 Å². The van der Waals surface area contributed by atoms with Crippen molar-refractivity contribution in [2.75, 3.05) is 25.1 Å². The molecule has 2 amide bonds. The Hall–Kier alpha value is -2.89. The third-order valence-electron chi connectivity index (χ3n) is 6.21. The Labute approximate surface area is 197 Å². The lowest BCUT2D eigenvalue weighted by Gasteiger charge is -2.49. The average molecular weight is 517 g/mol. The van der Waals surface area contributed by atoms with Crippen LogP contribution in [-0.2, 0) is 16.1 Å². The highest BCUT2D eigenvalue weighted by Crippen LogP contribution is 2.36. The molecule has 3 aromatic rings. The van der Waals surface area contributed by atoms with Gasteiger partial charge in [-0.1, -0.05) is 24.3 Å². The van der Waals surface area contributed by atoms with Crippen LogP contribution in [0, 0.1) is 0 Å². The number of para-hydroxylation sites is 1. The van der Waals surface area contributed by atoms with Crippen LogP contribution in [0.15, 0.2) is 47.1 Å². The Morgan fingerprint density at radius 1 is 1.24 bits per heavy atom. The molecule has 2 fully saturated rings. The minimum absolute atomic E-state index is 0.0774. The lowest BCUT2D eigenvalue weighted by atomic mass is 9.93. The maximum atomic E-state index is 14.6. The van der Waals surface area contributed by atoms with E-state index in [1.165, 1.54) is 0 Å². The summed E-state index contributed by atoms with van der Waals surface area (Å²) >= 11 is 3.29. The first-order chi connectivity index (χ1) is 15.9. The van der Waals surface area contributed by atoms with Gasteiger partial charge in [0.15, 0.2) is 5.69 Å². The first-order valence-corrected chi connectivity index (χ1v) is 11.3. The Morgan fingerprint density at radius 3 is 2.73 bits per heavy atom. The van der Waals surface area contributed by atoms with E-state index in [0.29, 0.717) is 35.6 Å². The van der Waals surface area contributed by atoms with Crippen molar-refractivity contribution in [3.63, 3.8) is 0 Å². The number of alkyl halides is 1. The number of carbonyl (C=O) groups excluding carboxylic acids is 2. The molecule has 0 spiro atoms. The number of pyridine rings is 1. The molecule has 0 saturated carbocycles. The smallest absolute Gasteiger partial charge is 0.269 e. The van der Waals surface area contributed by atoms with Gasteiger partial charge < -0.3 is 15.8 Å². The van der Waals surface area contributed by atoms with Gasteiger partial charge in [-0.15, -0.1) is 0 Å². The summed E-state index contributed by atoms with van der Waals surface area (Å²) < 4.78 is 22.4. The summed E-state index contributed by atoms with van der Waals surface area (Å²) in [6.45, 7) is 1.07. The second-order valence-electron chi connectivity index (χ2n) is 8.44. The Bertz CT molecular complexity index is 1230. The fourth-order valence-corrected chi connectivity index (χ4v) is 4.98. The van der Waals surface area contributed by atoms with E-state index in [-0.39, 0.29) is 24.6 Å². The molecule has 5 rings (SSSR count). The van der Waals surface area contributed by atoms with E-state index in [0.717, 1.165) is 5.52 Å². The van der Waals surface area contributed by atoms with Crippen LogP contribution >= 0.6 is 15.9 Å². The summed E-state index contributed by atoms with van der Waals surface area (Å²) in [7, 11) is 0. The molecule has 3 N–H and O–H groups in total. The molecule has 0 unspecified atom stereocenters. The lowest BCUT2D eigenvalue weighted by Crippen LogP contribution is -2.67. The van der Waals surface area contributed by atoms with Gasteiger partial charge >= 0.3 is 0 Å². The third-order valence-corrected chi connectivity index (χ3v) is 6.65. The molecule has 11 heteroatoms. The molecule has 0 radical (unpaired) electrons. The number of anilines is 1. The number of nitrogens with one attached hydrogen (secondary N) is 1. The van der Waals surface area contributed by atoms with Crippen molar-refractivity contribution in [3.8, 4) is 0 Å². The number of benzene rings is 1. The average Bonchev–Trinajstić information content (AvgIpc) is 3.32. The van der Waals surface area contributed by atoms with Gasteiger partial charge in [0, 0.05) is 18.4 Å². The molecule has 2 aromatic heterocycles. The molecule has 1 aromatic carbocycles. The maximum Gasteiger partial charge on any atom is 0.269 e. The number of carbonyl (C=O) groups is 2. The molecule has 0 aliphatic carbocycles. The number of rotatable bonds is 6. The summed E-state index contributed by atoms with van der Waals surface area (Å²) in [5, 5.41) is 7.89. The largest absolute Gasteiger partial charge is 0.377 e. The van der Waals surface area contributed by atoms with Crippen molar-refractivity contribution in [1.29, 1.82) is 0 Å². The van der Waals surface area contributed by atoms with Crippen LogP contribution in [0.3, 0.4) is 0 Å². The Balaban J connectivity index is 1.44. The van der Waals surface area contributed by atoms with E-state index in [2.05, 4.69) is 31.3 Å². The summed E-state index contributed by atoms with van der Waals surface area (Å²) in [6, 6.07) is 11.8. The molecule has 2 aliphatic heterocycles. The van der Waals surface area contributed by atoms with Crippen LogP contribution in [0.5, 0.6) is 0 Å². The van der Waals surface area contributed by atoms with Gasteiger partial charge in [0.05, 0.1) is 36.9 Å². The highest BCUT2D eigenvalue weighted by Gasteiger charge is 2.53. The van der Waals surface area contributed by atoms with Gasteiger partial charge in [0.2, 0.25) is 5.91 Å². The second kappa shape index (κ2) is 8.47. The molecule has 2 atom stereocenters. The van der Waals surface area contributed by atoms with Crippen LogP contribution in [-0.4, -0.2) is 69.0 Å². The number of ether oxygens (including phenoxy) is 1. The Morgan fingerprint density at radius 2 is 2.03 bits per heavy atom. The number of hydrogen-bond acceptors (Lipinski definition) is 6. The number of fused-ring (bicyclic) bond motifs is 1. The van der Waals surface area contributed by atoms with Gasteiger partial charge in [0.1, 0.15) is 16.6 Å². The van der Waals surface area contributed by atoms with Gasteiger partial charge in [-0.3, -0.25) is 19.2 Å². The lowest BCUT2D eigenvalue weighted by molar-refractivity contribution is -0.160. The van der Waals surface area contributed by atoms with Crippen LogP contribution in [0.2, 0.25) is 0 Å². The fraction of sp³-hybridized carbons (Fsp3) is 0.364. The Kier molecular flexibility index (Phi) is 5.63. The summed E-state index contributed by atoms with van der Waals surface area (Å²) in [6.07, 6.45) is -1.07. The van der Waals surface area contributed by atoms with Crippen LogP contribution in [0.25, 0.3) is 10.9 Å². The number of primary amides is 1. The highest BCUT2D eigenvalue weighted by atomic mass is 79.9. The first kappa shape index (κ1) is 21.9. The molecule has 33 heavy (non-hydrogen) atoms. The van der Waals surface area contributed by atoms with Crippen molar-refractivity contribution < 1.29 is 18.7 Å². The number of aromatic nitrogens is 3. The molecule has 0 bridgehead atoms. The quantitative estimate of drug-likeness (QED) is 0.484. The van der Waals surface area contributed by atoms with Crippen molar-refractivity contribution in [2.45, 2.75) is 30.7 Å². The zero-order valence-corrected chi connectivity index (χ0v) is 19.2. The predicted octanol–water partition coefficient (Wildman–Crippen LogP) is 2.11. The summed E-state index contributed by atoms with van der Waals surface area (Å²) in [5.74, 6) is -0.553. The van der Waals surface area contributed by atoms with Gasteiger partial charge in [-0.05, 0) is 34.1 Å². The second-order valence-corrected chi connectivity index (χ2v) is 9.25. The molecule has 4 heterocycles. The molecular formula is C22H22BrFN6O3. The zero-order chi connectivity index (χ0) is 23.2. The topological polar surface area (TPSA) is 115 Å². The SMILES string of the molecule is NC(=O)c1nn(CC2(N3C[C@H](F)C[C@H]3C(=O)Nc3cccc(Br)n3)COC2)c2ccccc12.